The van der Waals surface area contributed by atoms with E-state index in [1.165, 1.54) is 12.0 Å². The summed E-state index contributed by atoms with van der Waals surface area (Å²) in [6.45, 7) is 2.13. The monoisotopic (exact) mass is 295 g/mol. The van der Waals surface area contributed by atoms with Crippen molar-refractivity contribution in [1.82, 2.24) is 5.32 Å². The smallest absolute Gasteiger partial charge is 0.316 e. The fraction of sp³-hybridized carbons (Fsp3) is 0.278. The number of anilines is 2. The SMILES string of the molecule is CN(C(=O)Nc1ccc([C@@H]2CCNC2)cc1)c1ccccc1. The largest absolute Gasteiger partial charge is 0.326 e. The van der Waals surface area contributed by atoms with Gasteiger partial charge in [-0.3, -0.25) is 4.90 Å². The fourth-order valence-corrected chi connectivity index (χ4v) is 2.75. The van der Waals surface area contributed by atoms with Crippen LogP contribution in [-0.4, -0.2) is 26.2 Å². The van der Waals surface area contributed by atoms with Gasteiger partial charge in [0, 0.05) is 25.0 Å². The van der Waals surface area contributed by atoms with Crippen LogP contribution in [0.1, 0.15) is 17.9 Å². The number of nitrogens with zero attached hydrogens (tertiary/aromatic N) is 1. The second kappa shape index (κ2) is 6.62. The Hall–Kier alpha value is -2.33. The van der Waals surface area contributed by atoms with E-state index in [2.05, 4.69) is 22.8 Å². The summed E-state index contributed by atoms with van der Waals surface area (Å²) >= 11 is 0. The highest BCUT2D eigenvalue weighted by molar-refractivity contribution is 6.01. The third kappa shape index (κ3) is 3.28. The fourth-order valence-electron chi connectivity index (χ4n) is 2.75. The summed E-state index contributed by atoms with van der Waals surface area (Å²) in [5.74, 6) is 0.594. The van der Waals surface area contributed by atoms with Gasteiger partial charge in [0.25, 0.3) is 0 Å². The molecule has 1 fully saturated rings. The number of rotatable bonds is 3. The number of carbonyl (C=O) groups is 1. The predicted molar refractivity (Wildman–Crippen MR) is 90.5 cm³/mol. The molecular weight excluding hydrogens is 274 g/mol. The van der Waals surface area contributed by atoms with Crippen molar-refractivity contribution in [1.29, 1.82) is 0 Å². The van der Waals surface area contributed by atoms with E-state index in [0.29, 0.717) is 5.92 Å². The van der Waals surface area contributed by atoms with E-state index in [-0.39, 0.29) is 6.03 Å². The average molecular weight is 295 g/mol. The van der Waals surface area contributed by atoms with Gasteiger partial charge in [-0.05, 0) is 48.7 Å². The van der Waals surface area contributed by atoms with Crippen LogP contribution in [0.15, 0.2) is 54.6 Å². The molecule has 114 valence electrons. The van der Waals surface area contributed by atoms with E-state index in [0.717, 1.165) is 24.5 Å². The molecule has 0 unspecified atom stereocenters. The van der Waals surface area contributed by atoms with Gasteiger partial charge in [0.05, 0.1) is 0 Å². The first-order valence-corrected chi connectivity index (χ1v) is 7.64. The number of hydrogen-bond donors (Lipinski definition) is 2. The average Bonchev–Trinajstić information content (AvgIpc) is 3.10. The predicted octanol–water partition coefficient (Wildman–Crippen LogP) is 3.43. The summed E-state index contributed by atoms with van der Waals surface area (Å²) in [5, 5.41) is 6.30. The Kier molecular flexibility index (Phi) is 4.39. The van der Waals surface area contributed by atoms with Crippen molar-refractivity contribution in [2.45, 2.75) is 12.3 Å². The van der Waals surface area contributed by atoms with Gasteiger partial charge in [0.2, 0.25) is 0 Å². The molecule has 22 heavy (non-hydrogen) atoms. The normalized spacial score (nSPS) is 17.2. The Balaban J connectivity index is 1.64. The first-order valence-electron chi connectivity index (χ1n) is 7.64. The molecule has 1 atom stereocenters. The van der Waals surface area contributed by atoms with E-state index in [9.17, 15) is 4.79 Å². The van der Waals surface area contributed by atoms with Crippen molar-refractivity contribution in [3.63, 3.8) is 0 Å². The van der Waals surface area contributed by atoms with Gasteiger partial charge in [-0.2, -0.15) is 0 Å². The molecule has 1 heterocycles. The Morgan fingerprint density at radius 1 is 1.14 bits per heavy atom. The van der Waals surface area contributed by atoms with Crippen molar-refractivity contribution in [2.24, 2.45) is 0 Å². The minimum atomic E-state index is -0.138. The number of amides is 2. The standard InChI is InChI=1S/C18H21N3O/c1-21(17-5-3-2-4-6-17)18(22)20-16-9-7-14(8-10-16)15-11-12-19-13-15/h2-10,15,19H,11-13H2,1H3,(H,20,22)/t15-/m1/s1. The zero-order valence-corrected chi connectivity index (χ0v) is 12.8. The van der Waals surface area contributed by atoms with Gasteiger partial charge < -0.3 is 10.6 Å². The Labute approximate surface area is 131 Å². The first kappa shape index (κ1) is 14.6. The van der Waals surface area contributed by atoms with Crippen LogP contribution in [0.3, 0.4) is 0 Å². The van der Waals surface area contributed by atoms with E-state index < -0.39 is 0 Å². The van der Waals surface area contributed by atoms with Crippen LogP contribution < -0.4 is 15.5 Å². The van der Waals surface area contributed by atoms with Crippen LogP contribution in [0, 0.1) is 0 Å². The van der Waals surface area contributed by atoms with E-state index in [4.69, 9.17) is 0 Å². The summed E-state index contributed by atoms with van der Waals surface area (Å²) in [6, 6.07) is 17.6. The van der Waals surface area contributed by atoms with Gasteiger partial charge >= 0.3 is 6.03 Å². The third-order valence-electron chi connectivity index (χ3n) is 4.14. The highest BCUT2D eigenvalue weighted by atomic mass is 16.2. The molecule has 0 aromatic heterocycles. The molecule has 0 bridgehead atoms. The van der Waals surface area contributed by atoms with E-state index in [1.807, 2.05) is 42.5 Å². The van der Waals surface area contributed by atoms with E-state index >= 15 is 0 Å². The van der Waals surface area contributed by atoms with Gasteiger partial charge in [0.1, 0.15) is 0 Å². The molecule has 0 radical (unpaired) electrons. The van der Waals surface area contributed by atoms with Gasteiger partial charge in [0.15, 0.2) is 0 Å². The van der Waals surface area contributed by atoms with Crippen molar-refractivity contribution in [3.05, 3.63) is 60.2 Å². The van der Waals surface area contributed by atoms with Gasteiger partial charge in [-0.15, -0.1) is 0 Å². The molecule has 2 amide bonds. The number of hydrogen-bond acceptors (Lipinski definition) is 2. The van der Waals surface area contributed by atoms with E-state index in [1.54, 1.807) is 11.9 Å². The van der Waals surface area contributed by atoms with Crippen molar-refractivity contribution in [3.8, 4) is 0 Å². The summed E-state index contributed by atoms with van der Waals surface area (Å²) < 4.78 is 0. The molecule has 0 aliphatic carbocycles. The molecule has 2 aromatic rings. The second-order valence-corrected chi connectivity index (χ2v) is 5.64. The highest BCUT2D eigenvalue weighted by Gasteiger charge is 2.16. The summed E-state index contributed by atoms with van der Waals surface area (Å²) in [6.07, 6.45) is 1.18. The van der Waals surface area contributed by atoms with Gasteiger partial charge in [-0.25, -0.2) is 4.79 Å². The molecule has 1 saturated heterocycles. The maximum absolute atomic E-state index is 12.3. The maximum atomic E-state index is 12.3. The number of carbonyl (C=O) groups excluding carboxylic acids is 1. The Morgan fingerprint density at radius 2 is 1.86 bits per heavy atom. The Bertz CT molecular complexity index is 619. The van der Waals surface area contributed by atoms with Crippen molar-refractivity contribution in [2.75, 3.05) is 30.4 Å². The minimum absolute atomic E-state index is 0.138. The van der Waals surface area contributed by atoms with Crippen molar-refractivity contribution < 1.29 is 4.79 Å². The van der Waals surface area contributed by atoms with Crippen LogP contribution in [-0.2, 0) is 0 Å². The molecule has 0 saturated carbocycles. The number of benzene rings is 2. The lowest BCUT2D eigenvalue weighted by molar-refractivity contribution is 0.258. The highest BCUT2D eigenvalue weighted by Crippen LogP contribution is 2.23. The first-order chi connectivity index (χ1) is 10.7. The van der Waals surface area contributed by atoms with Crippen molar-refractivity contribution >= 4 is 17.4 Å². The number of nitrogens with one attached hydrogen (secondary N) is 2. The van der Waals surface area contributed by atoms with Crippen LogP contribution in [0.25, 0.3) is 0 Å². The molecule has 1 aliphatic rings. The van der Waals surface area contributed by atoms with Crippen LogP contribution in [0.4, 0.5) is 16.2 Å². The quantitative estimate of drug-likeness (QED) is 0.911. The summed E-state index contributed by atoms with van der Waals surface area (Å²) in [7, 11) is 1.77. The second-order valence-electron chi connectivity index (χ2n) is 5.64. The molecule has 1 aliphatic heterocycles. The summed E-state index contributed by atoms with van der Waals surface area (Å²) in [4.78, 5) is 13.9. The zero-order chi connectivity index (χ0) is 15.4. The molecule has 4 nitrogen and oxygen atoms in total. The molecule has 3 rings (SSSR count). The number of para-hydroxylation sites is 1. The maximum Gasteiger partial charge on any atom is 0.326 e. The van der Waals surface area contributed by atoms with Crippen LogP contribution in [0.5, 0.6) is 0 Å². The minimum Gasteiger partial charge on any atom is -0.316 e. The number of urea groups is 1. The molecular formula is C18H21N3O. The Morgan fingerprint density at radius 3 is 2.50 bits per heavy atom. The third-order valence-corrected chi connectivity index (χ3v) is 4.14. The zero-order valence-electron chi connectivity index (χ0n) is 12.8. The molecule has 2 N–H and O–H groups in total. The van der Waals surface area contributed by atoms with Crippen LogP contribution in [0.2, 0.25) is 0 Å². The lowest BCUT2D eigenvalue weighted by Gasteiger charge is -2.18. The van der Waals surface area contributed by atoms with Gasteiger partial charge in [-0.1, -0.05) is 30.3 Å². The lowest BCUT2D eigenvalue weighted by Crippen LogP contribution is -2.31. The topological polar surface area (TPSA) is 44.4 Å². The molecule has 0 spiro atoms. The molecule has 4 heteroatoms. The van der Waals surface area contributed by atoms with Crippen LogP contribution >= 0.6 is 0 Å². The lowest BCUT2D eigenvalue weighted by atomic mass is 9.98. The summed E-state index contributed by atoms with van der Waals surface area (Å²) in [5.41, 5.74) is 3.02. The molecule has 2 aromatic carbocycles.